The molecule has 0 saturated heterocycles. The summed E-state index contributed by atoms with van der Waals surface area (Å²) in [5.41, 5.74) is 5.33. The van der Waals surface area contributed by atoms with E-state index in [9.17, 15) is 5.11 Å². The fraction of sp³-hybridized carbons (Fsp3) is 1.00. The molecule has 0 spiro atoms. The van der Waals surface area contributed by atoms with Crippen LogP contribution in [0.5, 0.6) is 0 Å². The van der Waals surface area contributed by atoms with Crippen molar-refractivity contribution in [1.82, 2.24) is 0 Å². The van der Waals surface area contributed by atoms with Gasteiger partial charge in [0.05, 0.1) is 105 Å². The van der Waals surface area contributed by atoms with Crippen LogP contribution in [-0.4, -0.2) is 122 Å². The molecule has 1 unspecified atom stereocenters. The minimum Gasteiger partial charge on any atom is -0.394 e. The standard InChI is InChI=1S/C18H39NO9/c19-2-1-18(21)17-28-16-15-27-14-13-26-12-11-25-10-9-24-8-7-23-6-5-22-4-3-20/h18,20-21H,1-17,19H2. The molecule has 28 heavy (non-hydrogen) atoms. The molecule has 10 nitrogen and oxygen atoms in total. The Labute approximate surface area is 168 Å². The van der Waals surface area contributed by atoms with E-state index >= 15 is 0 Å². The predicted octanol–water partition coefficient (Wildman–Crippen LogP) is -1.20. The number of aliphatic hydroxyl groups excluding tert-OH is 2. The quantitative estimate of drug-likeness (QED) is 0.166. The molecule has 1 atom stereocenters. The Morgan fingerprint density at radius 2 is 0.857 bits per heavy atom. The molecule has 0 bridgehead atoms. The second kappa shape index (κ2) is 24.6. The first kappa shape index (κ1) is 27.6. The number of rotatable bonds is 24. The molecule has 170 valence electrons. The van der Waals surface area contributed by atoms with Crippen molar-refractivity contribution in [3.8, 4) is 0 Å². The molecule has 0 aliphatic heterocycles. The summed E-state index contributed by atoms with van der Waals surface area (Å²) in [5.74, 6) is 0. The molecule has 0 aromatic rings. The van der Waals surface area contributed by atoms with Gasteiger partial charge >= 0.3 is 0 Å². The van der Waals surface area contributed by atoms with E-state index in [-0.39, 0.29) is 13.2 Å². The molecule has 0 aliphatic carbocycles. The molecule has 0 aromatic heterocycles. The Morgan fingerprint density at radius 3 is 1.18 bits per heavy atom. The van der Waals surface area contributed by atoms with Gasteiger partial charge in [-0.1, -0.05) is 0 Å². The van der Waals surface area contributed by atoms with Gasteiger partial charge in [-0.15, -0.1) is 0 Å². The minimum absolute atomic E-state index is 0.0278. The second-order valence-corrected chi connectivity index (χ2v) is 5.70. The normalized spacial score (nSPS) is 12.5. The van der Waals surface area contributed by atoms with Gasteiger partial charge in [-0.2, -0.15) is 0 Å². The molecule has 0 fully saturated rings. The molecule has 0 saturated carbocycles. The molecule has 0 amide bonds. The van der Waals surface area contributed by atoms with Crippen LogP contribution in [0, 0.1) is 0 Å². The van der Waals surface area contributed by atoms with Crippen molar-refractivity contribution >= 4 is 0 Å². The van der Waals surface area contributed by atoms with Crippen LogP contribution in [0.15, 0.2) is 0 Å². The van der Waals surface area contributed by atoms with E-state index in [1.54, 1.807) is 0 Å². The highest BCUT2D eigenvalue weighted by Gasteiger charge is 2.01. The van der Waals surface area contributed by atoms with Gasteiger partial charge in [-0.3, -0.25) is 0 Å². The zero-order valence-corrected chi connectivity index (χ0v) is 16.9. The number of hydrogen-bond donors (Lipinski definition) is 3. The smallest absolute Gasteiger partial charge is 0.0785 e. The Hall–Kier alpha value is -0.400. The summed E-state index contributed by atoms with van der Waals surface area (Å²) >= 11 is 0. The zero-order valence-electron chi connectivity index (χ0n) is 16.9. The van der Waals surface area contributed by atoms with E-state index in [2.05, 4.69) is 0 Å². The fourth-order valence-electron chi connectivity index (χ4n) is 1.88. The molecule has 10 heteroatoms. The van der Waals surface area contributed by atoms with E-state index in [0.29, 0.717) is 98.9 Å². The summed E-state index contributed by atoms with van der Waals surface area (Å²) in [5, 5.41) is 17.9. The summed E-state index contributed by atoms with van der Waals surface area (Å²) in [6.45, 7) is 6.99. The molecule has 0 aromatic carbocycles. The van der Waals surface area contributed by atoms with Crippen LogP contribution in [0.1, 0.15) is 6.42 Å². The predicted molar refractivity (Wildman–Crippen MR) is 102 cm³/mol. The van der Waals surface area contributed by atoms with Gasteiger partial charge in [-0.25, -0.2) is 0 Å². The Kier molecular flexibility index (Phi) is 24.3. The average Bonchev–Trinajstić information content (AvgIpc) is 2.69. The summed E-state index contributed by atoms with van der Waals surface area (Å²) in [7, 11) is 0. The van der Waals surface area contributed by atoms with E-state index in [1.165, 1.54) is 0 Å². The van der Waals surface area contributed by atoms with Gasteiger partial charge in [0.25, 0.3) is 0 Å². The lowest BCUT2D eigenvalue weighted by atomic mass is 10.3. The van der Waals surface area contributed by atoms with Gasteiger partial charge in [0.1, 0.15) is 0 Å². The minimum atomic E-state index is -0.505. The maximum Gasteiger partial charge on any atom is 0.0785 e. The van der Waals surface area contributed by atoms with Gasteiger partial charge in [0, 0.05) is 0 Å². The average molecular weight is 414 g/mol. The van der Waals surface area contributed by atoms with Crippen molar-refractivity contribution in [3.63, 3.8) is 0 Å². The van der Waals surface area contributed by atoms with Crippen molar-refractivity contribution in [3.05, 3.63) is 0 Å². The summed E-state index contributed by atoms with van der Waals surface area (Å²) < 4.78 is 37.1. The third kappa shape index (κ3) is 23.6. The van der Waals surface area contributed by atoms with Crippen molar-refractivity contribution in [2.24, 2.45) is 5.73 Å². The van der Waals surface area contributed by atoms with Gasteiger partial charge in [0.2, 0.25) is 0 Å². The molecular formula is C18H39NO9. The first-order valence-corrected chi connectivity index (χ1v) is 9.84. The van der Waals surface area contributed by atoms with E-state index in [1.807, 2.05) is 0 Å². The van der Waals surface area contributed by atoms with Crippen LogP contribution in [-0.2, 0) is 33.2 Å². The van der Waals surface area contributed by atoms with E-state index in [0.717, 1.165) is 0 Å². The molecule has 0 aliphatic rings. The first-order valence-electron chi connectivity index (χ1n) is 9.84. The van der Waals surface area contributed by atoms with Gasteiger partial charge in [0.15, 0.2) is 0 Å². The summed E-state index contributed by atoms with van der Waals surface area (Å²) in [6.07, 6.45) is 0.0369. The third-order valence-corrected chi connectivity index (χ3v) is 3.28. The van der Waals surface area contributed by atoms with Crippen LogP contribution in [0.4, 0.5) is 0 Å². The second-order valence-electron chi connectivity index (χ2n) is 5.70. The highest BCUT2D eigenvalue weighted by molar-refractivity contribution is 4.53. The highest BCUT2D eigenvalue weighted by Crippen LogP contribution is 1.91. The maximum atomic E-state index is 9.41. The topological polar surface area (TPSA) is 131 Å². The van der Waals surface area contributed by atoms with Gasteiger partial charge < -0.3 is 49.1 Å². The van der Waals surface area contributed by atoms with Crippen molar-refractivity contribution in [2.45, 2.75) is 12.5 Å². The Bertz CT molecular complexity index is 288. The van der Waals surface area contributed by atoms with Crippen LogP contribution in [0.3, 0.4) is 0 Å². The molecule has 0 radical (unpaired) electrons. The first-order chi connectivity index (χ1) is 13.8. The van der Waals surface area contributed by atoms with Crippen LogP contribution >= 0.6 is 0 Å². The molecule has 0 heterocycles. The Balaban J connectivity index is 3.01. The summed E-state index contributed by atoms with van der Waals surface area (Å²) in [4.78, 5) is 0. The third-order valence-electron chi connectivity index (χ3n) is 3.28. The fourth-order valence-corrected chi connectivity index (χ4v) is 1.88. The lowest BCUT2D eigenvalue weighted by Crippen LogP contribution is -2.21. The van der Waals surface area contributed by atoms with E-state index < -0.39 is 6.10 Å². The Morgan fingerprint density at radius 1 is 0.536 bits per heavy atom. The largest absolute Gasteiger partial charge is 0.394 e. The van der Waals surface area contributed by atoms with Crippen molar-refractivity contribution in [1.29, 1.82) is 0 Å². The van der Waals surface area contributed by atoms with Crippen LogP contribution in [0.25, 0.3) is 0 Å². The number of nitrogens with two attached hydrogens (primary N) is 1. The molecule has 4 N–H and O–H groups in total. The number of aliphatic hydroxyl groups is 2. The summed E-state index contributed by atoms with van der Waals surface area (Å²) in [6, 6.07) is 0. The van der Waals surface area contributed by atoms with E-state index in [4.69, 9.17) is 44.0 Å². The maximum absolute atomic E-state index is 9.41. The lowest BCUT2D eigenvalue weighted by molar-refractivity contribution is -0.0263. The van der Waals surface area contributed by atoms with Crippen molar-refractivity contribution in [2.75, 3.05) is 106 Å². The zero-order chi connectivity index (χ0) is 20.5. The van der Waals surface area contributed by atoms with Crippen LogP contribution in [0.2, 0.25) is 0 Å². The SMILES string of the molecule is NCCC(O)COCCOCCOCCOCCOCCOCCOCCO. The van der Waals surface area contributed by atoms with Gasteiger partial charge in [-0.05, 0) is 13.0 Å². The molecular weight excluding hydrogens is 374 g/mol. The molecule has 0 rings (SSSR count). The van der Waals surface area contributed by atoms with Crippen LogP contribution < -0.4 is 5.73 Å². The number of ether oxygens (including phenoxy) is 7. The number of hydrogen-bond acceptors (Lipinski definition) is 10. The monoisotopic (exact) mass is 413 g/mol. The highest BCUT2D eigenvalue weighted by atomic mass is 16.6. The lowest BCUT2D eigenvalue weighted by Gasteiger charge is -2.10. The van der Waals surface area contributed by atoms with Crippen molar-refractivity contribution < 1.29 is 43.4 Å².